The fourth-order valence-electron chi connectivity index (χ4n) is 3.33. The smallest absolute Gasteiger partial charge is 0.217 e. The molecule has 1 heterocycles. The van der Waals surface area contributed by atoms with Gasteiger partial charge in [-0.1, -0.05) is 12.1 Å². The van der Waals surface area contributed by atoms with Gasteiger partial charge < -0.3 is 20.7 Å². The Kier molecular flexibility index (Phi) is 7.57. The Morgan fingerprint density at radius 3 is 2.80 bits per heavy atom. The number of amides is 1. The third-order valence-corrected chi connectivity index (χ3v) is 4.60. The first-order valence-corrected chi connectivity index (χ1v) is 8.99. The second kappa shape index (κ2) is 9.91. The van der Waals surface area contributed by atoms with Crippen LogP contribution in [-0.2, 0) is 11.2 Å². The van der Waals surface area contributed by atoms with Crippen LogP contribution in [0.1, 0.15) is 31.2 Å². The van der Waals surface area contributed by atoms with Gasteiger partial charge in [-0.15, -0.1) is 0 Å². The topological polar surface area (TPSA) is 80.0 Å². The highest BCUT2D eigenvalue weighted by atomic mass is 16.5. The van der Waals surface area contributed by atoms with Gasteiger partial charge in [0.15, 0.2) is 5.96 Å². The van der Waals surface area contributed by atoms with Crippen LogP contribution < -0.4 is 15.8 Å². The molecular weight excluding hydrogens is 316 g/mol. The first-order valence-electron chi connectivity index (χ1n) is 8.99. The van der Waals surface area contributed by atoms with E-state index in [-0.39, 0.29) is 5.91 Å². The standard InChI is InChI=1S/C19H30N4O2/c1-21-19(23-12-4-6-16(14-23)13-18(20)24)22-11-3-5-15-7-9-17(25-2)10-8-15/h7-10,16H,3-6,11-14H2,1-2H3,(H2,20,24)(H,21,22). The average Bonchev–Trinajstić information content (AvgIpc) is 2.62. The number of methoxy groups -OCH3 is 1. The largest absolute Gasteiger partial charge is 0.497 e. The average molecular weight is 346 g/mol. The van der Waals surface area contributed by atoms with Gasteiger partial charge in [-0.05, 0) is 49.3 Å². The van der Waals surface area contributed by atoms with Crippen molar-refractivity contribution in [1.82, 2.24) is 10.2 Å². The zero-order chi connectivity index (χ0) is 18.1. The molecule has 1 fully saturated rings. The summed E-state index contributed by atoms with van der Waals surface area (Å²) in [5.74, 6) is 1.93. The number of nitrogens with two attached hydrogens (primary N) is 1. The second-order valence-corrected chi connectivity index (χ2v) is 6.55. The van der Waals surface area contributed by atoms with Crippen LogP contribution >= 0.6 is 0 Å². The van der Waals surface area contributed by atoms with Crippen LogP contribution in [0, 0.1) is 5.92 Å². The van der Waals surface area contributed by atoms with Crippen molar-refractivity contribution in [3.63, 3.8) is 0 Å². The van der Waals surface area contributed by atoms with Gasteiger partial charge in [-0.3, -0.25) is 9.79 Å². The molecule has 0 aromatic heterocycles. The van der Waals surface area contributed by atoms with Crippen molar-refractivity contribution in [3.8, 4) is 5.75 Å². The minimum atomic E-state index is -0.214. The minimum absolute atomic E-state index is 0.214. The van der Waals surface area contributed by atoms with Gasteiger partial charge in [-0.25, -0.2) is 0 Å². The van der Waals surface area contributed by atoms with Gasteiger partial charge in [0.05, 0.1) is 7.11 Å². The highest BCUT2D eigenvalue weighted by Gasteiger charge is 2.23. The maximum absolute atomic E-state index is 11.1. The predicted octanol–water partition coefficient (Wildman–Crippen LogP) is 1.79. The van der Waals surface area contributed by atoms with Gasteiger partial charge in [0.1, 0.15) is 5.75 Å². The van der Waals surface area contributed by atoms with Gasteiger partial charge in [-0.2, -0.15) is 0 Å². The molecule has 0 aliphatic carbocycles. The number of nitrogens with zero attached hydrogens (tertiary/aromatic N) is 2. The molecule has 1 amide bonds. The Labute approximate surface area is 150 Å². The van der Waals surface area contributed by atoms with E-state index < -0.39 is 0 Å². The third kappa shape index (κ3) is 6.29. The Morgan fingerprint density at radius 1 is 1.40 bits per heavy atom. The van der Waals surface area contributed by atoms with Crippen LogP contribution in [0.4, 0.5) is 0 Å². The maximum atomic E-state index is 11.1. The number of aliphatic imine (C=N–C) groups is 1. The summed E-state index contributed by atoms with van der Waals surface area (Å²) in [7, 11) is 3.49. The van der Waals surface area contributed by atoms with Crippen molar-refractivity contribution in [2.45, 2.75) is 32.1 Å². The molecule has 6 nitrogen and oxygen atoms in total. The number of rotatable bonds is 7. The number of piperidine rings is 1. The summed E-state index contributed by atoms with van der Waals surface area (Å²) in [6.07, 6.45) is 4.64. The number of carbonyl (C=O) groups is 1. The van der Waals surface area contributed by atoms with Crippen LogP contribution in [0.5, 0.6) is 5.75 Å². The molecule has 138 valence electrons. The molecule has 0 spiro atoms. The summed E-state index contributed by atoms with van der Waals surface area (Å²) < 4.78 is 5.18. The number of nitrogens with one attached hydrogen (secondary N) is 1. The van der Waals surface area contributed by atoms with Crippen molar-refractivity contribution in [2.24, 2.45) is 16.6 Å². The monoisotopic (exact) mass is 346 g/mol. The summed E-state index contributed by atoms with van der Waals surface area (Å²) in [6, 6.07) is 8.20. The molecule has 1 aromatic carbocycles. The van der Waals surface area contributed by atoms with Crippen LogP contribution in [-0.4, -0.2) is 50.6 Å². The normalized spacial score (nSPS) is 18.1. The fourth-order valence-corrected chi connectivity index (χ4v) is 3.33. The Morgan fingerprint density at radius 2 is 2.16 bits per heavy atom. The number of benzene rings is 1. The molecule has 1 saturated heterocycles. The molecule has 0 bridgehead atoms. The molecule has 1 aliphatic heterocycles. The van der Waals surface area contributed by atoms with Gasteiger partial charge >= 0.3 is 0 Å². The van der Waals surface area contributed by atoms with Crippen LogP contribution in [0.2, 0.25) is 0 Å². The number of primary amides is 1. The molecule has 25 heavy (non-hydrogen) atoms. The van der Waals surface area contributed by atoms with E-state index in [2.05, 4.69) is 27.3 Å². The second-order valence-electron chi connectivity index (χ2n) is 6.55. The van der Waals surface area contributed by atoms with E-state index in [1.165, 1.54) is 5.56 Å². The molecule has 1 aliphatic rings. The number of guanidine groups is 1. The number of hydrogen-bond donors (Lipinski definition) is 2. The van der Waals surface area contributed by atoms with Crippen LogP contribution in [0.25, 0.3) is 0 Å². The lowest BCUT2D eigenvalue weighted by atomic mass is 9.95. The molecule has 1 unspecified atom stereocenters. The molecule has 1 atom stereocenters. The van der Waals surface area contributed by atoms with E-state index in [9.17, 15) is 4.79 Å². The number of carbonyl (C=O) groups excluding carboxylic acids is 1. The summed E-state index contributed by atoms with van der Waals surface area (Å²) in [4.78, 5) is 17.8. The quantitative estimate of drug-likeness (QED) is 0.448. The number of likely N-dealkylation sites (tertiary alicyclic amines) is 1. The summed E-state index contributed by atoms with van der Waals surface area (Å²) in [6.45, 7) is 2.70. The number of ether oxygens (including phenoxy) is 1. The van der Waals surface area contributed by atoms with E-state index in [1.807, 2.05) is 19.2 Å². The zero-order valence-electron chi connectivity index (χ0n) is 15.3. The highest BCUT2D eigenvalue weighted by molar-refractivity contribution is 5.80. The minimum Gasteiger partial charge on any atom is -0.497 e. The van der Waals surface area contributed by atoms with Crippen molar-refractivity contribution >= 4 is 11.9 Å². The van der Waals surface area contributed by atoms with E-state index >= 15 is 0 Å². The van der Waals surface area contributed by atoms with E-state index in [4.69, 9.17) is 10.5 Å². The first-order chi connectivity index (χ1) is 12.1. The molecule has 0 radical (unpaired) electrons. The Balaban J connectivity index is 1.74. The molecule has 1 aromatic rings. The Bertz CT molecular complexity index is 571. The number of hydrogen-bond acceptors (Lipinski definition) is 3. The highest BCUT2D eigenvalue weighted by Crippen LogP contribution is 2.19. The maximum Gasteiger partial charge on any atom is 0.217 e. The lowest BCUT2D eigenvalue weighted by molar-refractivity contribution is -0.119. The summed E-state index contributed by atoms with van der Waals surface area (Å²) in [5, 5.41) is 3.44. The van der Waals surface area contributed by atoms with Crippen molar-refractivity contribution in [2.75, 3.05) is 33.8 Å². The van der Waals surface area contributed by atoms with Crippen molar-refractivity contribution < 1.29 is 9.53 Å². The molecule has 0 saturated carbocycles. The van der Waals surface area contributed by atoms with Crippen LogP contribution in [0.3, 0.4) is 0 Å². The predicted molar refractivity (Wildman–Crippen MR) is 101 cm³/mol. The van der Waals surface area contributed by atoms with Crippen molar-refractivity contribution in [3.05, 3.63) is 29.8 Å². The lowest BCUT2D eigenvalue weighted by Gasteiger charge is -2.34. The van der Waals surface area contributed by atoms with Gasteiger partial charge in [0.25, 0.3) is 0 Å². The fraction of sp³-hybridized carbons (Fsp3) is 0.579. The van der Waals surface area contributed by atoms with Gasteiger partial charge in [0, 0.05) is 33.1 Å². The Hall–Kier alpha value is -2.24. The summed E-state index contributed by atoms with van der Waals surface area (Å²) >= 11 is 0. The molecule has 3 N–H and O–H groups in total. The zero-order valence-corrected chi connectivity index (χ0v) is 15.3. The van der Waals surface area contributed by atoms with Crippen LogP contribution in [0.15, 0.2) is 29.3 Å². The molecule has 6 heteroatoms. The first kappa shape index (κ1) is 19.1. The third-order valence-electron chi connectivity index (χ3n) is 4.60. The SMILES string of the molecule is CN=C(NCCCc1ccc(OC)cc1)N1CCCC(CC(N)=O)C1. The van der Waals surface area contributed by atoms with Gasteiger partial charge in [0.2, 0.25) is 5.91 Å². The number of aryl methyl sites for hydroxylation is 1. The summed E-state index contributed by atoms with van der Waals surface area (Å²) in [5.41, 5.74) is 6.64. The molecular formula is C19H30N4O2. The van der Waals surface area contributed by atoms with E-state index in [0.29, 0.717) is 12.3 Å². The lowest BCUT2D eigenvalue weighted by Crippen LogP contribution is -2.47. The molecule has 2 rings (SSSR count). The van der Waals surface area contributed by atoms with E-state index in [0.717, 1.165) is 57.0 Å². The van der Waals surface area contributed by atoms with Crippen molar-refractivity contribution in [1.29, 1.82) is 0 Å². The van der Waals surface area contributed by atoms with E-state index in [1.54, 1.807) is 7.11 Å².